The number of nitrogens with zero attached hydrogens (tertiary/aromatic N) is 6. The molecular weight excluding hydrogens is 372 g/mol. The molecule has 0 saturated heterocycles. The van der Waals surface area contributed by atoms with Crippen LogP contribution in [0.1, 0.15) is 18.0 Å². The maximum absolute atomic E-state index is 5.42. The smallest absolute Gasteiger partial charge is 0.257 e. The number of aromatic nitrogens is 6. The molecule has 3 heterocycles. The first-order chi connectivity index (χ1) is 13.8. The summed E-state index contributed by atoms with van der Waals surface area (Å²) in [6.45, 7) is 6.46. The lowest BCUT2D eigenvalue weighted by Crippen LogP contribution is -2.02. The summed E-state index contributed by atoms with van der Waals surface area (Å²) < 4.78 is 7.44. The van der Waals surface area contributed by atoms with Gasteiger partial charge in [0.15, 0.2) is 16.8 Å². The highest BCUT2D eigenvalue weighted by Crippen LogP contribution is 2.34. The lowest BCUT2D eigenvalue weighted by atomic mass is 10.2. The highest BCUT2D eigenvalue weighted by molar-refractivity contribution is 7.99. The van der Waals surface area contributed by atoms with Crippen molar-refractivity contribution in [2.75, 3.05) is 0 Å². The third-order valence-electron chi connectivity index (χ3n) is 4.08. The standard InChI is InChI=1S/C20H18N6OS/c1-3-13-26-18(15-9-11-21-12-10-15)23-24-20(26)28-14(2)17-22-19(27-25-17)16-7-5-4-6-8-16/h3-12,14H,1,13H2,2H3/t14-/m1/s1. The van der Waals surface area contributed by atoms with Crippen LogP contribution >= 0.6 is 11.8 Å². The first-order valence-electron chi connectivity index (χ1n) is 8.76. The first-order valence-corrected chi connectivity index (χ1v) is 9.64. The van der Waals surface area contributed by atoms with E-state index in [-0.39, 0.29) is 5.25 Å². The number of hydrogen-bond donors (Lipinski definition) is 0. The van der Waals surface area contributed by atoms with E-state index >= 15 is 0 Å². The molecule has 0 N–H and O–H groups in total. The highest BCUT2D eigenvalue weighted by atomic mass is 32.2. The van der Waals surface area contributed by atoms with Gasteiger partial charge < -0.3 is 4.52 Å². The minimum absolute atomic E-state index is 0.0562. The summed E-state index contributed by atoms with van der Waals surface area (Å²) >= 11 is 1.53. The van der Waals surface area contributed by atoms with Crippen LogP contribution in [0, 0.1) is 0 Å². The van der Waals surface area contributed by atoms with Gasteiger partial charge in [0.2, 0.25) is 0 Å². The Morgan fingerprint density at radius 1 is 1.11 bits per heavy atom. The Morgan fingerprint density at radius 2 is 1.89 bits per heavy atom. The fourth-order valence-corrected chi connectivity index (χ4v) is 3.59. The van der Waals surface area contributed by atoms with Gasteiger partial charge in [0.05, 0.1) is 5.25 Å². The Labute approximate surface area is 166 Å². The summed E-state index contributed by atoms with van der Waals surface area (Å²) in [4.78, 5) is 8.59. The molecule has 0 bridgehead atoms. The van der Waals surface area contributed by atoms with E-state index in [4.69, 9.17) is 4.52 Å². The van der Waals surface area contributed by atoms with Crippen LogP contribution in [-0.2, 0) is 6.54 Å². The van der Waals surface area contributed by atoms with Crippen LogP contribution in [0.4, 0.5) is 0 Å². The van der Waals surface area contributed by atoms with Gasteiger partial charge in [-0.3, -0.25) is 9.55 Å². The Balaban J connectivity index is 1.58. The van der Waals surface area contributed by atoms with Gasteiger partial charge in [-0.1, -0.05) is 41.2 Å². The molecule has 0 fully saturated rings. The SMILES string of the molecule is C=CCn1c(S[C@H](C)c2noc(-c3ccccc3)n2)nnc1-c1ccncc1. The summed E-state index contributed by atoms with van der Waals surface area (Å²) in [6.07, 6.45) is 5.30. The monoisotopic (exact) mass is 390 g/mol. The van der Waals surface area contributed by atoms with E-state index in [1.54, 1.807) is 12.4 Å². The van der Waals surface area contributed by atoms with Crippen LogP contribution in [0.25, 0.3) is 22.8 Å². The molecule has 0 amide bonds. The van der Waals surface area contributed by atoms with Gasteiger partial charge in [0, 0.05) is 30.1 Å². The fourth-order valence-electron chi connectivity index (χ4n) is 2.69. The van der Waals surface area contributed by atoms with E-state index < -0.39 is 0 Å². The molecule has 0 aliphatic rings. The maximum atomic E-state index is 5.42. The summed E-state index contributed by atoms with van der Waals surface area (Å²) in [5.41, 5.74) is 1.85. The van der Waals surface area contributed by atoms with Crippen molar-refractivity contribution in [3.05, 3.63) is 73.3 Å². The van der Waals surface area contributed by atoms with Crippen LogP contribution in [0.3, 0.4) is 0 Å². The third-order valence-corrected chi connectivity index (χ3v) is 5.15. The van der Waals surface area contributed by atoms with E-state index in [1.807, 2.05) is 60.0 Å². The molecule has 0 unspecified atom stereocenters. The van der Waals surface area contributed by atoms with E-state index in [0.29, 0.717) is 18.3 Å². The van der Waals surface area contributed by atoms with Crippen molar-refractivity contribution in [3.63, 3.8) is 0 Å². The van der Waals surface area contributed by atoms with Crippen molar-refractivity contribution >= 4 is 11.8 Å². The van der Waals surface area contributed by atoms with Gasteiger partial charge in [-0.25, -0.2) is 0 Å². The minimum Gasteiger partial charge on any atom is -0.334 e. The summed E-state index contributed by atoms with van der Waals surface area (Å²) in [5, 5.41) is 13.6. The Bertz CT molecular complexity index is 1060. The second kappa shape index (κ2) is 8.18. The van der Waals surface area contributed by atoms with Crippen molar-refractivity contribution in [2.24, 2.45) is 0 Å². The molecule has 1 atom stereocenters. The quantitative estimate of drug-likeness (QED) is 0.341. The van der Waals surface area contributed by atoms with E-state index in [2.05, 4.69) is 31.9 Å². The van der Waals surface area contributed by atoms with Crippen molar-refractivity contribution < 1.29 is 4.52 Å². The van der Waals surface area contributed by atoms with E-state index in [9.17, 15) is 0 Å². The Morgan fingerprint density at radius 3 is 2.64 bits per heavy atom. The summed E-state index contributed by atoms with van der Waals surface area (Å²) in [7, 11) is 0. The number of benzene rings is 1. The zero-order valence-corrected chi connectivity index (χ0v) is 16.1. The minimum atomic E-state index is -0.0562. The van der Waals surface area contributed by atoms with Crippen molar-refractivity contribution in [1.29, 1.82) is 0 Å². The normalized spacial score (nSPS) is 12.0. The molecule has 0 spiro atoms. The number of rotatable bonds is 7. The molecule has 0 radical (unpaired) electrons. The van der Waals surface area contributed by atoms with E-state index in [0.717, 1.165) is 22.1 Å². The fraction of sp³-hybridized carbons (Fsp3) is 0.150. The zero-order valence-electron chi connectivity index (χ0n) is 15.3. The Kier molecular flexibility index (Phi) is 5.29. The highest BCUT2D eigenvalue weighted by Gasteiger charge is 2.21. The van der Waals surface area contributed by atoms with Gasteiger partial charge in [-0.15, -0.1) is 16.8 Å². The predicted molar refractivity (Wildman–Crippen MR) is 107 cm³/mol. The lowest BCUT2D eigenvalue weighted by Gasteiger charge is -2.09. The molecule has 1 aromatic carbocycles. The molecule has 0 aliphatic heterocycles. The van der Waals surface area contributed by atoms with Crippen LogP contribution in [0.5, 0.6) is 0 Å². The van der Waals surface area contributed by atoms with Crippen LogP contribution in [-0.4, -0.2) is 29.9 Å². The second-order valence-electron chi connectivity index (χ2n) is 6.03. The largest absolute Gasteiger partial charge is 0.334 e. The van der Waals surface area contributed by atoms with Crippen LogP contribution < -0.4 is 0 Å². The average Bonchev–Trinajstić information content (AvgIpc) is 3.38. The molecule has 140 valence electrons. The van der Waals surface area contributed by atoms with Crippen LogP contribution in [0.15, 0.2) is 77.2 Å². The van der Waals surface area contributed by atoms with Gasteiger partial charge in [0.1, 0.15) is 0 Å². The summed E-state index contributed by atoms with van der Waals surface area (Å²) in [6, 6.07) is 13.5. The lowest BCUT2D eigenvalue weighted by molar-refractivity contribution is 0.423. The van der Waals surface area contributed by atoms with Gasteiger partial charge in [-0.05, 0) is 31.2 Å². The molecule has 0 saturated carbocycles. The van der Waals surface area contributed by atoms with Crippen molar-refractivity contribution in [1.82, 2.24) is 29.9 Å². The molecular formula is C20H18N6OS. The molecule has 4 aromatic rings. The first kappa shape index (κ1) is 18.1. The topological polar surface area (TPSA) is 82.5 Å². The molecule has 3 aromatic heterocycles. The van der Waals surface area contributed by atoms with Gasteiger partial charge in [0.25, 0.3) is 5.89 Å². The van der Waals surface area contributed by atoms with Gasteiger partial charge >= 0.3 is 0 Å². The van der Waals surface area contributed by atoms with Crippen molar-refractivity contribution in [2.45, 2.75) is 23.9 Å². The van der Waals surface area contributed by atoms with Crippen molar-refractivity contribution in [3.8, 4) is 22.8 Å². The third kappa shape index (κ3) is 3.72. The molecule has 7 nitrogen and oxygen atoms in total. The van der Waals surface area contributed by atoms with Crippen LogP contribution in [0.2, 0.25) is 0 Å². The zero-order chi connectivity index (χ0) is 19.3. The maximum Gasteiger partial charge on any atom is 0.257 e. The number of thioether (sulfide) groups is 1. The predicted octanol–water partition coefficient (Wildman–Crippen LogP) is 4.43. The van der Waals surface area contributed by atoms with E-state index in [1.165, 1.54) is 11.8 Å². The second-order valence-corrected chi connectivity index (χ2v) is 7.33. The molecule has 0 aliphatic carbocycles. The average molecular weight is 390 g/mol. The molecule has 8 heteroatoms. The van der Waals surface area contributed by atoms with Gasteiger partial charge in [-0.2, -0.15) is 4.98 Å². The molecule has 4 rings (SSSR count). The number of hydrogen-bond acceptors (Lipinski definition) is 7. The summed E-state index contributed by atoms with van der Waals surface area (Å²) in [5.74, 6) is 1.89. The number of allylic oxidation sites excluding steroid dienone is 1. The Hall–Kier alpha value is -3.26. The number of pyridine rings is 1. The molecule has 28 heavy (non-hydrogen) atoms.